The molecule has 32 heavy (non-hydrogen) atoms. The number of allylic oxidation sites excluding steroid dienone is 4. The fourth-order valence-electron chi connectivity index (χ4n) is 6.98. The maximum Gasteiger partial charge on any atom is -0.0168 e. The Morgan fingerprint density at radius 1 is 0.469 bits per heavy atom. The van der Waals surface area contributed by atoms with Crippen LogP contribution in [0.5, 0.6) is 0 Å². The van der Waals surface area contributed by atoms with Crippen molar-refractivity contribution in [3.63, 3.8) is 0 Å². The lowest BCUT2D eigenvalue weighted by atomic mass is 9.76. The van der Waals surface area contributed by atoms with Crippen molar-refractivity contribution in [3.05, 3.63) is 24.3 Å². The maximum absolute atomic E-state index is 2.66. The molecule has 0 heteroatoms. The van der Waals surface area contributed by atoms with Crippen LogP contribution in [0.15, 0.2) is 24.3 Å². The highest BCUT2D eigenvalue weighted by Gasteiger charge is 2.55. The van der Waals surface area contributed by atoms with Crippen LogP contribution in [0.4, 0.5) is 0 Å². The molecule has 0 aromatic rings. The summed E-state index contributed by atoms with van der Waals surface area (Å²) in [4.78, 5) is 0. The van der Waals surface area contributed by atoms with Crippen LogP contribution in [0, 0.1) is 17.3 Å². The Hall–Kier alpha value is -0.520. The molecule has 3 aliphatic carbocycles. The van der Waals surface area contributed by atoms with Crippen molar-refractivity contribution in [1.82, 2.24) is 0 Å². The number of rotatable bonds is 0. The van der Waals surface area contributed by atoms with Crippen LogP contribution in [-0.4, -0.2) is 0 Å². The Bertz CT molecular complexity index is 510. The third-order valence-electron chi connectivity index (χ3n) is 9.17. The zero-order valence-corrected chi connectivity index (χ0v) is 21.6. The molecule has 0 radical (unpaired) electrons. The first-order chi connectivity index (χ1) is 15.9. The Morgan fingerprint density at radius 2 is 0.969 bits per heavy atom. The van der Waals surface area contributed by atoms with Crippen molar-refractivity contribution in [3.8, 4) is 0 Å². The van der Waals surface area contributed by atoms with Crippen LogP contribution in [0.25, 0.3) is 0 Å². The van der Waals surface area contributed by atoms with Crippen LogP contribution in [0.2, 0.25) is 0 Å². The molecule has 3 unspecified atom stereocenters. The first-order valence-electron chi connectivity index (χ1n) is 15.2. The fraction of sp³-hybridized carbons (Fsp3) is 0.875. The average Bonchev–Trinajstić information content (AvgIpc) is 3.50. The van der Waals surface area contributed by atoms with Gasteiger partial charge in [-0.05, 0) is 62.2 Å². The van der Waals surface area contributed by atoms with Crippen molar-refractivity contribution >= 4 is 0 Å². The molecule has 3 aliphatic rings. The molecule has 2 saturated carbocycles. The van der Waals surface area contributed by atoms with Gasteiger partial charge in [-0.3, -0.25) is 0 Å². The lowest BCUT2D eigenvalue weighted by Crippen LogP contribution is -2.19. The van der Waals surface area contributed by atoms with E-state index >= 15 is 0 Å². The smallest absolute Gasteiger partial charge is 0.0168 e. The fourth-order valence-corrected chi connectivity index (χ4v) is 6.98. The lowest BCUT2D eigenvalue weighted by molar-refractivity contribution is 0.220. The summed E-state index contributed by atoms with van der Waals surface area (Å²) < 4.78 is 0. The van der Waals surface area contributed by atoms with E-state index in [1.807, 2.05) is 0 Å². The van der Waals surface area contributed by atoms with Gasteiger partial charge >= 0.3 is 0 Å². The molecular formula is C32H56. The van der Waals surface area contributed by atoms with Gasteiger partial charge in [0.1, 0.15) is 0 Å². The summed E-state index contributed by atoms with van der Waals surface area (Å²) in [5, 5.41) is 0. The Labute approximate surface area is 202 Å². The summed E-state index contributed by atoms with van der Waals surface area (Å²) in [6, 6.07) is 0. The van der Waals surface area contributed by atoms with Crippen molar-refractivity contribution in [2.24, 2.45) is 17.3 Å². The highest BCUT2D eigenvalue weighted by molar-refractivity contribution is 5.15. The molecule has 3 rings (SSSR count). The quantitative estimate of drug-likeness (QED) is 0.328. The first kappa shape index (κ1) is 26.1. The molecule has 184 valence electrons. The molecule has 3 atom stereocenters. The van der Waals surface area contributed by atoms with Crippen LogP contribution < -0.4 is 0 Å². The minimum Gasteiger partial charge on any atom is -0.0882 e. The van der Waals surface area contributed by atoms with Gasteiger partial charge in [0.15, 0.2) is 0 Å². The van der Waals surface area contributed by atoms with Crippen LogP contribution >= 0.6 is 0 Å². The van der Waals surface area contributed by atoms with Gasteiger partial charge in [-0.1, -0.05) is 140 Å². The largest absolute Gasteiger partial charge is 0.0882 e. The van der Waals surface area contributed by atoms with Crippen LogP contribution in [-0.2, 0) is 0 Å². The van der Waals surface area contributed by atoms with Gasteiger partial charge in [0.05, 0.1) is 0 Å². The minimum atomic E-state index is 0.686. The SMILES string of the molecule is C1=CCCCCCCCCCC2CCCCCCCCCCCCCCC23CC3C=CC1. The maximum atomic E-state index is 2.66. The molecule has 0 amide bonds. The van der Waals surface area contributed by atoms with Gasteiger partial charge in [0.25, 0.3) is 0 Å². The third kappa shape index (κ3) is 9.77. The van der Waals surface area contributed by atoms with E-state index < -0.39 is 0 Å². The highest BCUT2D eigenvalue weighted by atomic mass is 14.6. The monoisotopic (exact) mass is 440 g/mol. The zero-order chi connectivity index (χ0) is 22.2. The summed E-state index contributed by atoms with van der Waals surface area (Å²) in [6.45, 7) is 0. The van der Waals surface area contributed by atoms with E-state index in [1.54, 1.807) is 0 Å². The van der Waals surface area contributed by atoms with E-state index in [1.165, 1.54) is 154 Å². The van der Waals surface area contributed by atoms with Crippen molar-refractivity contribution < 1.29 is 0 Å². The summed E-state index contributed by atoms with van der Waals surface area (Å²) >= 11 is 0. The molecule has 0 nitrogen and oxygen atoms in total. The van der Waals surface area contributed by atoms with Gasteiger partial charge in [0.2, 0.25) is 0 Å². The standard InChI is InChI=1S/C32H56/c1-2-7-11-15-19-23-27-31-29-32(31)28-24-20-16-12-8-4-3-6-10-14-18-22-26-30(32)25-21-17-13-9-5-1/h11,15,23,27,30-31H,1-10,12-14,16-22,24-26,28-29H2. The van der Waals surface area contributed by atoms with Gasteiger partial charge in [-0.15, -0.1) is 0 Å². The molecule has 0 N–H and O–H groups in total. The van der Waals surface area contributed by atoms with Crippen LogP contribution in [0.3, 0.4) is 0 Å². The van der Waals surface area contributed by atoms with Gasteiger partial charge in [-0.25, -0.2) is 0 Å². The second-order valence-corrected chi connectivity index (χ2v) is 11.7. The van der Waals surface area contributed by atoms with E-state index in [-0.39, 0.29) is 0 Å². The molecule has 2 fully saturated rings. The van der Waals surface area contributed by atoms with Gasteiger partial charge in [-0.2, -0.15) is 0 Å². The van der Waals surface area contributed by atoms with E-state index in [0.717, 1.165) is 18.3 Å². The Balaban J connectivity index is 1.61. The Morgan fingerprint density at radius 3 is 1.56 bits per heavy atom. The first-order valence-corrected chi connectivity index (χ1v) is 15.2. The third-order valence-corrected chi connectivity index (χ3v) is 9.17. The average molecular weight is 441 g/mol. The molecular weight excluding hydrogens is 384 g/mol. The second-order valence-electron chi connectivity index (χ2n) is 11.7. The number of hydrogen-bond donors (Lipinski definition) is 0. The van der Waals surface area contributed by atoms with Gasteiger partial charge < -0.3 is 0 Å². The molecule has 0 bridgehead atoms. The predicted molar refractivity (Wildman–Crippen MR) is 143 cm³/mol. The summed E-state index contributed by atoms with van der Waals surface area (Å²) in [5.41, 5.74) is 0.686. The van der Waals surface area contributed by atoms with Crippen molar-refractivity contribution in [2.45, 2.75) is 161 Å². The molecule has 0 aromatic carbocycles. The second kappa shape index (κ2) is 16.2. The van der Waals surface area contributed by atoms with Crippen molar-refractivity contribution in [2.75, 3.05) is 0 Å². The zero-order valence-electron chi connectivity index (χ0n) is 21.6. The summed E-state index contributed by atoms with van der Waals surface area (Å²) in [5.74, 6) is 1.91. The molecule has 0 aliphatic heterocycles. The topological polar surface area (TPSA) is 0 Å². The van der Waals surface area contributed by atoms with Crippen LogP contribution in [0.1, 0.15) is 161 Å². The van der Waals surface area contributed by atoms with Crippen molar-refractivity contribution in [1.29, 1.82) is 0 Å². The Kier molecular flexibility index (Phi) is 13.2. The molecule has 0 aromatic heterocycles. The summed E-state index contributed by atoms with van der Waals surface area (Å²) in [6.07, 6.45) is 46.8. The number of hydrogen-bond acceptors (Lipinski definition) is 0. The normalized spacial score (nSPS) is 33.5. The summed E-state index contributed by atoms with van der Waals surface area (Å²) in [7, 11) is 0. The van der Waals surface area contributed by atoms with E-state index in [0.29, 0.717) is 5.41 Å². The van der Waals surface area contributed by atoms with Gasteiger partial charge in [0, 0.05) is 0 Å². The minimum absolute atomic E-state index is 0.686. The molecule has 1 spiro atoms. The molecule has 0 saturated heterocycles. The lowest BCUT2D eigenvalue weighted by Gasteiger charge is -2.29. The van der Waals surface area contributed by atoms with E-state index in [2.05, 4.69) is 24.3 Å². The molecule has 0 heterocycles. The van der Waals surface area contributed by atoms with E-state index in [4.69, 9.17) is 0 Å². The predicted octanol–water partition coefficient (Wildman–Crippen LogP) is 11.1. The highest BCUT2D eigenvalue weighted by Crippen LogP contribution is 2.64. The van der Waals surface area contributed by atoms with E-state index in [9.17, 15) is 0 Å².